The summed E-state index contributed by atoms with van der Waals surface area (Å²) in [5, 5.41) is 8.30. The molecule has 0 aliphatic heterocycles. The summed E-state index contributed by atoms with van der Waals surface area (Å²) in [6, 6.07) is 16.3. The smallest absolute Gasteiger partial charge is 0.234 e. The van der Waals surface area contributed by atoms with Gasteiger partial charge in [0.2, 0.25) is 17.7 Å². The first-order chi connectivity index (χ1) is 16.6. The molecule has 3 heterocycles. The van der Waals surface area contributed by atoms with E-state index in [9.17, 15) is 14.4 Å². The van der Waals surface area contributed by atoms with E-state index in [0.29, 0.717) is 17.1 Å². The van der Waals surface area contributed by atoms with E-state index in [1.807, 2.05) is 18.2 Å². The molecule has 0 fully saturated rings. The fraction of sp³-hybridized carbons (Fsp3) is 0.250. The average Bonchev–Trinajstić information content (AvgIpc) is 2.87. The maximum Gasteiger partial charge on any atom is 0.234 e. The summed E-state index contributed by atoms with van der Waals surface area (Å²) < 4.78 is 0. The summed E-state index contributed by atoms with van der Waals surface area (Å²) in [6.07, 6.45) is 4.93. The van der Waals surface area contributed by atoms with Crippen LogP contribution in [-0.2, 0) is 34.0 Å². The van der Waals surface area contributed by atoms with Crippen LogP contribution in [-0.4, -0.2) is 57.2 Å². The van der Waals surface area contributed by atoms with Crippen LogP contribution >= 0.6 is 0 Å². The van der Waals surface area contributed by atoms with Crippen molar-refractivity contribution in [2.45, 2.75) is 19.6 Å². The highest BCUT2D eigenvalue weighted by Gasteiger charge is 2.18. The highest BCUT2D eigenvalue weighted by molar-refractivity contribution is 5.84. The SMILES string of the molecule is O=C(CN(CC(=O)NCc1ccccn1)CC(=O)NCc1ccccn1)NCc1ccccn1. The molecule has 0 saturated heterocycles. The number of nitrogens with zero attached hydrogens (tertiary/aromatic N) is 4. The van der Waals surface area contributed by atoms with E-state index < -0.39 is 0 Å². The number of hydrogen-bond donors (Lipinski definition) is 3. The Kier molecular flexibility index (Phi) is 9.63. The number of aromatic nitrogens is 3. The largest absolute Gasteiger partial charge is 0.349 e. The van der Waals surface area contributed by atoms with Crippen molar-refractivity contribution in [2.75, 3.05) is 19.6 Å². The fourth-order valence-electron chi connectivity index (χ4n) is 3.02. The molecule has 0 spiro atoms. The molecule has 3 rings (SSSR count). The van der Waals surface area contributed by atoms with Gasteiger partial charge in [0.15, 0.2) is 0 Å². The van der Waals surface area contributed by atoms with Gasteiger partial charge in [0.05, 0.1) is 56.4 Å². The maximum absolute atomic E-state index is 12.5. The summed E-state index contributed by atoms with van der Waals surface area (Å²) in [7, 11) is 0. The minimum Gasteiger partial charge on any atom is -0.349 e. The number of carbonyl (C=O) groups is 3. The number of rotatable bonds is 12. The third-order valence-corrected chi connectivity index (χ3v) is 4.68. The van der Waals surface area contributed by atoms with E-state index in [2.05, 4.69) is 30.9 Å². The zero-order valence-corrected chi connectivity index (χ0v) is 18.7. The predicted molar refractivity (Wildman–Crippen MR) is 125 cm³/mol. The molecule has 34 heavy (non-hydrogen) atoms. The monoisotopic (exact) mass is 461 g/mol. The zero-order valence-electron chi connectivity index (χ0n) is 18.7. The van der Waals surface area contributed by atoms with Gasteiger partial charge in [-0.05, 0) is 36.4 Å². The van der Waals surface area contributed by atoms with Crippen molar-refractivity contribution in [1.29, 1.82) is 0 Å². The second kappa shape index (κ2) is 13.4. The number of hydrogen-bond acceptors (Lipinski definition) is 7. The van der Waals surface area contributed by atoms with Crippen LogP contribution in [0.15, 0.2) is 73.2 Å². The van der Waals surface area contributed by atoms with Crippen LogP contribution in [0.4, 0.5) is 0 Å². The van der Waals surface area contributed by atoms with Gasteiger partial charge in [-0.2, -0.15) is 0 Å². The van der Waals surface area contributed by atoms with Crippen LogP contribution in [0.1, 0.15) is 17.1 Å². The van der Waals surface area contributed by atoms with Crippen molar-refractivity contribution in [3.8, 4) is 0 Å². The summed E-state index contributed by atoms with van der Waals surface area (Å²) in [5.41, 5.74) is 2.14. The minimum absolute atomic E-state index is 0.124. The van der Waals surface area contributed by atoms with Crippen LogP contribution in [0, 0.1) is 0 Å². The van der Waals surface area contributed by atoms with E-state index in [1.54, 1.807) is 55.0 Å². The van der Waals surface area contributed by atoms with Crippen LogP contribution in [0.5, 0.6) is 0 Å². The molecule has 10 heteroatoms. The lowest BCUT2D eigenvalue weighted by Gasteiger charge is -2.21. The van der Waals surface area contributed by atoms with E-state index in [-0.39, 0.29) is 57.0 Å². The first kappa shape index (κ1) is 24.5. The number of pyridine rings is 3. The zero-order chi connectivity index (χ0) is 24.0. The van der Waals surface area contributed by atoms with Gasteiger partial charge in [-0.15, -0.1) is 0 Å². The molecule has 0 aromatic carbocycles. The molecule has 0 bridgehead atoms. The summed E-state index contributed by atoms with van der Waals surface area (Å²) >= 11 is 0. The standard InChI is InChI=1S/C24H27N7O3/c32-22(28-13-19-7-1-4-10-25-19)16-31(17-23(33)29-14-20-8-2-5-11-26-20)18-24(34)30-15-21-9-3-6-12-27-21/h1-12H,13-18H2,(H,28,32)(H,29,33)(H,30,34). The van der Waals surface area contributed by atoms with Gasteiger partial charge in [-0.1, -0.05) is 18.2 Å². The van der Waals surface area contributed by atoms with Gasteiger partial charge in [0.25, 0.3) is 0 Å². The van der Waals surface area contributed by atoms with Gasteiger partial charge >= 0.3 is 0 Å². The molecule has 0 saturated carbocycles. The molecule has 0 aliphatic rings. The second-order valence-corrected chi connectivity index (χ2v) is 7.44. The Hall–Kier alpha value is -4.18. The van der Waals surface area contributed by atoms with Crippen molar-refractivity contribution in [3.63, 3.8) is 0 Å². The van der Waals surface area contributed by atoms with Crippen molar-refractivity contribution in [2.24, 2.45) is 0 Å². The second-order valence-electron chi connectivity index (χ2n) is 7.44. The van der Waals surface area contributed by atoms with Crippen LogP contribution in [0.2, 0.25) is 0 Å². The Balaban J connectivity index is 1.53. The molecule has 0 atom stereocenters. The lowest BCUT2D eigenvalue weighted by atomic mass is 10.3. The molecule has 3 N–H and O–H groups in total. The molecule has 0 unspecified atom stereocenters. The summed E-state index contributed by atoms with van der Waals surface area (Å²) in [4.78, 5) is 51.4. The van der Waals surface area contributed by atoms with Gasteiger partial charge in [0, 0.05) is 18.6 Å². The third kappa shape index (κ3) is 9.13. The Bertz CT molecular complexity index is 913. The van der Waals surface area contributed by atoms with Gasteiger partial charge < -0.3 is 16.0 Å². The Morgan fingerprint density at radius 3 is 1.15 bits per heavy atom. The van der Waals surface area contributed by atoms with Crippen molar-refractivity contribution >= 4 is 17.7 Å². The molecule has 0 radical (unpaired) electrons. The highest BCUT2D eigenvalue weighted by Crippen LogP contribution is 1.97. The van der Waals surface area contributed by atoms with Crippen LogP contribution in [0.3, 0.4) is 0 Å². The molecular formula is C24H27N7O3. The third-order valence-electron chi connectivity index (χ3n) is 4.68. The first-order valence-electron chi connectivity index (χ1n) is 10.8. The molecule has 3 aromatic rings. The molecule has 10 nitrogen and oxygen atoms in total. The van der Waals surface area contributed by atoms with Gasteiger partial charge in [-0.25, -0.2) is 0 Å². The Labute approximate surface area is 197 Å². The van der Waals surface area contributed by atoms with E-state index >= 15 is 0 Å². The highest BCUT2D eigenvalue weighted by atomic mass is 16.2. The fourth-order valence-corrected chi connectivity index (χ4v) is 3.02. The molecule has 3 amide bonds. The number of amides is 3. The molecule has 0 aliphatic carbocycles. The average molecular weight is 462 g/mol. The molecular weight excluding hydrogens is 434 g/mol. The van der Waals surface area contributed by atoms with E-state index in [0.717, 1.165) is 0 Å². The first-order valence-corrected chi connectivity index (χ1v) is 10.8. The van der Waals surface area contributed by atoms with Crippen molar-refractivity contribution in [1.82, 2.24) is 35.8 Å². The lowest BCUT2D eigenvalue weighted by Crippen LogP contribution is -2.46. The van der Waals surface area contributed by atoms with E-state index in [4.69, 9.17) is 0 Å². The quantitative estimate of drug-likeness (QED) is 0.357. The minimum atomic E-state index is -0.319. The Morgan fingerprint density at radius 1 is 0.559 bits per heavy atom. The summed E-state index contributed by atoms with van der Waals surface area (Å²) in [5.74, 6) is -0.956. The van der Waals surface area contributed by atoms with Crippen molar-refractivity contribution < 1.29 is 14.4 Å². The molecule has 3 aromatic heterocycles. The number of nitrogens with one attached hydrogen (secondary N) is 3. The van der Waals surface area contributed by atoms with E-state index in [1.165, 1.54) is 4.90 Å². The number of carbonyl (C=O) groups excluding carboxylic acids is 3. The Morgan fingerprint density at radius 2 is 0.882 bits per heavy atom. The normalized spacial score (nSPS) is 10.5. The van der Waals surface area contributed by atoms with Gasteiger partial charge in [0.1, 0.15) is 0 Å². The maximum atomic E-state index is 12.5. The van der Waals surface area contributed by atoms with Crippen LogP contribution < -0.4 is 16.0 Å². The predicted octanol–water partition coefficient (Wildman–Crippen LogP) is 0.423. The van der Waals surface area contributed by atoms with Crippen LogP contribution in [0.25, 0.3) is 0 Å². The lowest BCUT2D eigenvalue weighted by molar-refractivity contribution is -0.127. The summed E-state index contributed by atoms with van der Waals surface area (Å²) in [6.45, 7) is 0.393. The van der Waals surface area contributed by atoms with Crippen molar-refractivity contribution in [3.05, 3.63) is 90.3 Å². The van der Waals surface area contributed by atoms with Gasteiger partial charge in [-0.3, -0.25) is 34.2 Å². The molecule has 176 valence electrons. The topological polar surface area (TPSA) is 129 Å².